The van der Waals surface area contributed by atoms with Crippen LogP contribution in [0.15, 0.2) is 30.3 Å². The van der Waals surface area contributed by atoms with Gasteiger partial charge in [-0.2, -0.15) is 0 Å². The van der Waals surface area contributed by atoms with Crippen LogP contribution in [0.4, 0.5) is 0 Å². The molecular weight excluding hydrogens is 236 g/mol. The Morgan fingerprint density at radius 1 is 1.11 bits per heavy atom. The molecule has 0 aliphatic rings. The Kier molecular flexibility index (Phi) is 4.17. The van der Waals surface area contributed by atoms with Gasteiger partial charge < -0.3 is 10.5 Å². The van der Waals surface area contributed by atoms with Crippen molar-refractivity contribution < 1.29 is 4.74 Å². The maximum Gasteiger partial charge on any atom is 0.130 e. The molecule has 1 aromatic heterocycles. The van der Waals surface area contributed by atoms with Gasteiger partial charge in [-0.3, -0.25) is 4.98 Å². The van der Waals surface area contributed by atoms with Gasteiger partial charge in [0.1, 0.15) is 12.4 Å². The van der Waals surface area contributed by atoms with Crippen molar-refractivity contribution in [1.29, 1.82) is 0 Å². The van der Waals surface area contributed by atoms with E-state index in [9.17, 15) is 0 Å². The smallest absolute Gasteiger partial charge is 0.130 e. The van der Waals surface area contributed by atoms with Gasteiger partial charge in [-0.1, -0.05) is 12.1 Å². The SMILES string of the molecule is Cc1cc(C)c(C)c(OCc2cccc(CN)n2)c1. The lowest BCUT2D eigenvalue weighted by molar-refractivity contribution is 0.298. The molecule has 2 rings (SSSR count). The van der Waals surface area contributed by atoms with E-state index in [0.717, 1.165) is 17.1 Å². The Morgan fingerprint density at radius 3 is 2.58 bits per heavy atom. The zero-order valence-electron chi connectivity index (χ0n) is 11.7. The molecule has 1 aromatic carbocycles. The minimum Gasteiger partial charge on any atom is -0.487 e. The van der Waals surface area contributed by atoms with Crippen LogP contribution in [0.25, 0.3) is 0 Å². The first-order chi connectivity index (χ1) is 9.10. The molecule has 0 aliphatic heterocycles. The number of aryl methyl sites for hydroxylation is 2. The Labute approximate surface area is 114 Å². The summed E-state index contributed by atoms with van der Waals surface area (Å²) in [5.41, 5.74) is 11.0. The van der Waals surface area contributed by atoms with Gasteiger partial charge in [0.15, 0.2) is 0 Å². The topological polar surface area (TPSA) is 48.1 Å². The first-order valence-electron chi connectivity index (χ1n) is 6.45. The first kappa shape index (κ1) is 13.6. The van der Waals surface area contributed by atoms with Gasteiger partial charge in [0.05, 0.1) is 11.4 Å². The Hall–Kier alpha value is -1.87. The van der Waals surface area contributed by atoms with E-state index in [2.05, 4.69) is 37.9 Å². The van der Waals surface area contributed by atoms with Crippen molar-refractivity contribution in [3.8, 4) is 5.75 Å². The highest BCUT2D eigenvalue weighted by atomic mass is 16.5. The van der Waals surface area contributed by atoms with Crippen LogP contribution in [-0.2, 0) is 13.2 Å². The number of benzene rings is 1. The summed E-state index contributed by atoms with van der Waals surface area (Å²) >= 11 is 0. The molecular formula is C16H20N2O. The molecule has 0 radical (unpaired) electrons. The Balaban J connectivity index is 2.14. The van der Waals surface area contributed by atoms with Crippen LogP contribution in [0, 0.1) is 20.8 Å². The monoisotopic (exact) mass is 256 g/mol. The summed E-state index contributed by atoms with van der Waals surface area (Å²) < 4.78 is 5.88. The van der Waals surface area contributed by atoms with Crippen LogP contribution < -0.4 is 10.5 Å². The van der Waals surface area contributed by atoms with Crippen molar-refractivity contribution in [1.82, 2.24) is 4.98 Å². The second-order valence-electron chi connectivity index (χ2n) is 4.82. The second-order valence-corrected chi connectivity index (χ2v) is 4.82. The zero-order chi connectivity index (χ0) is 13.8. The van der Waals surface area contributed by atoms with E-state index < -0.39 is 0 Å². The van der Waals surface area contributed by atoms with Crippen LogP contribution in [-0.4, -0.2) is 4.98 Å². The molecule has 2 N–H and O–H groups in total. The number of ether oxygens (including phenoxy) is 1. The van der Waals surface area contributed by atoms with Crippen molar-refractivity contribution >= 4 is 0 Å². The summed E-state index contributed by atoms with van der Waals surface area (Å²) in [5.74, 6) is 0.928. The largest absolute Gasteiger partial charge is 0.487 e. The highest BCUT2D eigenvalue weighted by Gasteiger charge is 2.05. The van der Waals surface area contributed by atoms with Gasteiger partial charge >= 0.3 is 0 Å². The average molecular weight is 256 g/mol. The molecule has 3 heteroatoms. The van der Waals surface area contributed by atoms with Gasteiger partial charge in [0.2, 0.25) is 0 Å². The van der Waals surface area contributed by atoms with Crippen molar-refractivity contribution in [3.05, 3.63) is 58.4 Å². The summed E-state index contributed by atoms with van der Waals surface area (Å²) in [6, 6.07) is 10.1. The lowest BCUT2D eigenvalue weighted by Gasteiger charge is -2.12. The third-order valence-electron chi connectivity index (χ3n) is 3.21. The first-order valence-corrected chi connectivity index (χ1v) is 6.45. The van der Waals surface area contributed by atoms with Crippen LogP contribution in [0.1, 0.15) is 28.1 Å². The van der Waals surface area contributed by atoms with E-state index >= 15 is 0 Å². The summed E-state index contributed by atoms with van der Waals surface area (Å²) in [6.07, 6.45) is 0. The minimum atomic E-state index is 0.455. The van der Waals surface area contributed by atoms with Gasteiger partial charge in [-0.05, 0) is 55.7 Å². The van der Waals surface area contributed by atoms with Crippen molar-refractivity contribution in [3.63, 3.8) is 0 Å². The molecule has 100 valence electrons. The highest BCUT2D eigenvalue weighted by Crippen LogP contribution is 2.24. The lowest BCUT2D eigenvalue weighted by atomic mass is 10.1. The predicted octanol–water partition coefficient (Wildman–Crippen LogP) is 3.04. The maximum absolute atomic E-state index is 5.88. The number of pyridine rings is 1. The number of hydrogen-bond acceptors (Lipinski definition) is 3. The Bertz CT molecular complexity index is 579. The number of nitrogens with zero attached hydrogens (tertiary/aromatic N) is 1. The fourth-order valence-corrected chi connectivity index (χ4v) is 2.03. The summed E-state index contributed by atoms with van der Waals surface area (Å²) in [6.45, 7) is 7.18. The molecule has 19 heavy (non-hydrogen) atoms. The van der Waals surface area contributed by atoms with Crippen LogP contribution in [0.2, 0.25) is 0 Å². The molecule has 0 amide bonds. The molecule has 0 saturated carbocycles. The molecule has 0 fully saturated rings. The van der Waals surface area contributed by atoms with Crippen molar-refractivity contribution in [2.45, 2.75) is 33.9 Å². The van der Waals surface area contributed by atoms with Gasteiger partial charge in [0.25, 0.3) is 0 Å². The van der Waals surface area contributed by atoms with Crippen LogP contribution >= 0.6 is 0 Å². The zero-order valence-corrected chi connectivity index (χ0v) is 11.7. The molecule has 2 aromatic rings. The summed E-state index contributed by atoms with van der Waals surface area (Å²) in [7, 11) is 0. The quantitative estimate of drug-likeness (QED) is 0.914. The molecule has 0 spiro atoms. The van der Waals surface area contributed by atoms with Gasteiger partial charge in [-0.15, -0.1) is 0 Å². The lowest BCUT2D eigenvalue weighted by Crippen LogP contribution is -2.05. The Morgan fingerprint density at radius 2 is 1.84 bits per heavy atom. The van der Waals surface area contributed by atoms with E-state index in [0.29, 0.717) is 13.2 Å². The van der Waals surface area contributed by atoms with Gasteiger partial charge in [-0.25, -0.2) is 0 Å². The summed E-state index contributed by atoms with van der Waals surface area (Å²) in [5, 5.41) is 0. The number of hydrogen-bond donors (Lipinski definition) is 1. The van der Waals surface area contributed by atoms with Crippen molar-refractivity contribution in [2.75, 3.05) is 0 Å². The fraction of sp³-hybridized carbons (Fsp3) is 0.312. The maximum atomic E-state index is 5.88. The van der Waals surface area contributed by atoms with Crippen LogP contribution in [0.5, 0.6) is 5.75 Å². The van der Waals surface area contributed by atoms with E-state index in [1.54, 1.807) is 0 Å². The van der Waals surface area contributed by atoms with Crippen LogP contribution in [0.3, 0.4) is 0 Å². The molecule has 0 saturated heterocycles. The van der Waals surface area contributed by atoms with Crippen molar-refractivity contribution in [2.24, 2.45) is 5.73 Å². The number of rotatable bonds is 4. The molecule has 0 atom stereocenters. The number of nitrogens with two attached hydrogens (primary N) is 1. The van der Waals surface area contributed by atoms with E-state index in [1.165, 1.54) is 16.7 Å². The molecule has 0 unspecified atom stereocenters. The third kappa shape index (κ3) is 3.32. The van der Waals surface area contributed by atoms with Gasteiger partial charge in [0, 0.05) is 6.54 Å². The molecule has 3 nitrogen and oxygen atoms in total. The normalized spacial score (nSPS) is 10.5. The van der Waals surface area contributed by atoms with E-state index in [4.69, 9.17) is 10.5 Å². The summed E-state index contributed by atoms with van der Waals surface area (Å²) in [4.78, 5) is 4.43. The minimum absolute atomic E-state index is 0.455. The molecule has 0 bridgehead atoms. The average Bonchev–Trinajstić information content (AvgIpc) is 2.41. The second kappa shape index (κ2) is 5.85. The highest BCUT2D eigenvalue weighted by molar-refractivity contribution is 5.42. The van der Waals surface area contributed by atoms with E-state index in [-0.39, 0.29) is 0 Å². The molecule has 0 aliphatic carbocycles. The predicted molar refractivity (Wildman–Crippen MR) is 77.1 cm³/mol. The standard InChI is InChI=1S/C16H20N2O/c1-11-7-12(2)13(3)16(8-11)19-10-15-6-4-5-14(9-17)18-15/h4-8H,9-10,17H2,1-3H3. The fourth-order valence-electron chi connectivity index (χ4n) is 2.03. The number of aromatic nitrogens is 1. The third-order valence-corrected chi connectivity index (χ3v) is 3.21. The van der Waals surface area contributed by atoms with E-state index in [1.807, 2.05) is 18.2 Å². The molecule has 1 heterocycles.